The Hall–Kier alpha value is -0.980. The van der Waals surface area contributed by atoms with Crippen molar-refractivity contribution in [2.75, 3.05) is 19.7 Å². The van der Waals surface area contributed by atoms with E-state index in [0.717, 1.165) is 24.2 Å². The highest BCUT2D eigenvalue weighted by Gasteiger charge is 2.33. The summed E-state index contributed by atoms with van der Waals surface area (Å²) in [5.41, 5.74) is 1.21. The zero-order valence-electron chi connectivity index (χ0n) is 13.1. The van der Waals surface area contributed by atoms with Gasteiger partial charge in [-0.25, -0.2) is 4.99 Å². The molecule has 0 bridgehead atoms. The Labute approximate surface area is 144 Å². The highest BCUT2D eigenvalue weighted by molar-refractivity contribution is 14.0. The quantitative estimate of drug-likeness (QED) is 0.332. The Bertz CT molecular complexity index is 465. The van der Waals surface area contributed by atoms with Gasteiger partial charge in [0.15, 0.2) is 5.96 Å². The molecule has 1 aliphatic rings. The van der Waals surface area contributed by atoms with Crippen LogP contribution in [-0.4, -0.2) is 31.7 Å². The summed E-state index contributed by atoms with van der Waals surface area (Å²) < 4.78 is 5.69. The van der Waals surface area contributed by atoms with Crippen molar-refractivity contribution in [1.82, 2.24) is 10.6 Å². The van der Waals surface area contributed by atoms with E-state index in [1.165, 1.54) is 12.0 Å². The summed E-state index contributed by atoms with van der Waals surface area (Å²) in [7, 11) is 0. The summed E-state index contributed by atoms with van der Waals surface area (Å²) in [5, 5.41) is 6.70. The maximum atomic E-state index is 5.69. The Morgan fingerprint density at radius 1 is 1.43 bits per heavy atom. The van der Waals surface area contributed by atoms with E-state index in [-0.39, 0.29) is 24.0 Å². The third kappa shape index (κ3) is 6.54. The molecule has 21 heavy (non-hydrogen) atoms. The second-order valence-corrected chi connectivity index (χ2v) is 5.39. The number of rotatable bonds is 6. The van der Waals surface area contributed by atoms with Crippen molar-refractivity contribution in [3.63, 3.8) is 0 Å². The molecular weight excluding hydrogens is 377 g/mol. The molecule has 118 valence electrons. The van der Waals surface area contributed by atoms with E-state index in [1.807, 2.05) is 18.2 Å². The summed E-state index contributed by atoms with van der Waals surface area (Å²) in [5.74, 6) is 2.58. The van der Waals surface area contributed by atoms with Crippen molar-refractivity contribution in [2.24, 2.45) is 10.9 Å². The van der Waals surface area contributed by atoms with Gasteiger partial charge >= 0.3 is 0 Å². The third-order valence-electron chi connectivity index (χ3n) is 3.40. The lowest BCUT2D eigenvalue weighted by atomic mass is 10.2. The SMILES string of the molecule is CCNC(=NCCOc1cccc(C)c1)NC1CC1C.I. The van der Waals surface area contributed by atoms with Crippen LogP contribution in [0.3, 0.4) is 0 Å². The number of guanidine groups is 1. The number of nitrogens with one attached hydrogen (secondary N) is 2. The molecule has 2 N–H and O–H groups in total. The molecule has 0 spiro atoms. The number of halogens is 1. The molecule has 2 atom stereocenters. The highest BCUT2D eigenvalue weighted by atomic mass is 127. The van der Waals surface area contributed by atoms with Crippen molar-refractivity contribution < 1.29 is 4.74 Å². The molecule has 0 radical (unpaired) electrons. The number of aliphatic imine (C=N–C) groups is 1. The molecule has 0 aromatic heterocycles. The van der Waals surface area contributed by atoms with E-state index >= 15 is 0 Å². The van der Waals surface area contributed by atoms with Gasteiger partial charge in [-0.2, -0.15) is 0 Å². The first-order chi connectivity index (χ1) is 9.69. The minimum Gasteiger partial charge on any atom is -0.492 e. The van der Waals surface area contributed by atoms with Gasteiger partial charge in [-0.1, -0.05) is 19.1 Å². The normalized spacial score (nSPS) is 20.4. The summed E-state index contributed by atoms with van der Waals surface area (Å²) in [6, 6.07) is 8.68. The molecule has 1 fully saturated rings. The molecule has 4 nitrogen and oxygen atoms in total. The minimum absolute atomic E-state index is 0. The molecule has 0 heterocycles. The van der Waals surface area contributed by atoms with Crippen LogP contribution in [0.15, 0.2) is 29.3 Å². The van der Waals surface area contributed by atoms with Crippen LogP contribution in [0.25, 0.3) is 0 Å². The molecule has 1 aromatic carbocycles. The lowest BCUT2D eigenvalue weighted by Gasteiger charge is -2.11. The number of ether oxygens (including phenoxy) is 1. The molecule has 0 saturated heterocycles. The maximum absolute atomic E-state index is 5.69. The first-order valence-corrected chi connectivity index (χ1v) is 7.43. The summed E-state index contributed by atoms with van der Waals surface area (Å²) in [6.45, 7) is 8.53. The molecule has 2 rings (SSSR count). The van der Waals surface area contributed by atoms with Gasteiger partial charge in [0.2, 0.25) is 0 Å². The van der Waals surface area contributed by atoms with Crippen molar-refractivity contribution in [2.45, 2.75) is 33.2 Å². The zero-order chi connectivity index (χ0) is 14.4. The van der Waals surface area contributed by atoms with Crippen LogP contribution in [0.4, 0.5) is 0 Å². The number of hydrogen-bond donors (Lipinski definition) is 2. The predicted molar refractivity (Wildman–Crippen MR) is 98.8 cm³/mol. The van der Waals surface area contributed by atoms with Crippen LogP contribution in [0.2, 0.25) is 0 Å². The first-order valence-electron chi connectivity index (χ1n) is 7.43. The zero-order valence-corrected chi connectivity index (χ0v) is 15.4. The predicted octanol–water partition coefficient (Wildman–Crippen LogP) is 2.96. The highest BCUT2D eigenvalue weighted by Crippen LogP contribution is 2.28. The van der Waals surface area contributed by atoms with E-state index < -0.39 is 0 Å². The molecule has 1 aliphatic carbocycles. The van der Waals surface area contributed by atoms with Crippen LogP contribution in [0, 0.1) is 12.8 Å². The fourth-order valence-corrected chi connectivity index (χ4v) is 2.04. The molecular formula is C16H26IN3O. The van der Waals surface area contributed by atoms with Gasteiger partial charge in [0.1, 0.15) is 12.4 Å². The summed E-state index contributed by atoms with van der Waals surface area (Å²) >= 11 is 0. The molecule has 1 aromatic rings. The largest absolute Gasteiger partial charge is 0.492 e. The van der Waals surface area contributed by atoms with Crippen molar-refractivity contribution in [3.05, 3.63) is 29.8 Å². The van der Waals surface area contributed by atoms with Gasteiger partial charge in [-0.15, -0.1) is 24.0 Å². The minimum atomic E-state index is 0. The van der Waals surface area contributed by atoms with E-state index in [2.05, 4.69) is 42.5 Å². The van der Waals surface area contributed by atoms with Crippen molar-refractivity contribution in [1.29, 1.82) is 0 Å². The molecule has 2 unspecified atom stereocenters. The average Bonchev–Trinajstić information content (AvgIpc) is 3.10. The lowest BCUT2D eigenvalue weighted by Crippen LogP contribution is -2.39. The number of aryl methyl sites for hydroxylation is 1. The van der Waals surface area contributed by atoms with E-state index in [1.54, 1.807) is 0 Å². The van der Waals surface area contributed by atoms with Crippen LogP contribution < -0.4 is 15.4 Å². The van der Waals surface area contributed by atoms with Gasteiger partial charge in [-0.05, 0) is 43.9 Å². The Morgan fingerprint density at radius 3 is 2.81 bits per heavy atom. The van der Waals surface area contributed by atoms with E-state index in [4.69, 9.17) is 4.74 Å². The van der Waals surface area contributed by atoms with Crippen LogP contribution in [-0.2, 0) is 0 Å². The second kappa shape index (κ2) is 9.12. The monoisotopic (exact) mass is 403 g/mol. The first kappa shape index (κ1) is 18.1. The lowest BCUT2D eigenvalue weighted by molar-refractivity contribution is 0.328. The topological polar surface area (TPSA) is 45.7 Å². The Balaban J connectivity index is 0.00000220. The van der Waals surface area contributed by atoms with E-state index in [0.29, 0.717) is 19.2 Å². The maximum Gasteiger partial charge on any atom is 0.191 e. The number of nitrogens with zero attached hydrogens (tertiary/aromatic N) is 1. The van der Waals surface area contributed by atoms with Gasteiger partial charge in [0.05, 0.1) is 6.54 Å². The number of benzene rings is 1. The fraction of sp³-hybridized carbons (Fsp3) is 0.562. The fourth-order valence-electron chi connectivity index (χ4n) is 2.04. The van der Waals surface area contributed by atoms with Gasteiger partial charge in [0, 0.05) is 12.6 Å². The standard InChI is InChI=1S/C16H25N3O.HI/c1-4-17-16(19-15-11-13(15)3)18-8-9-20-14-7-5-6-12(2)10-14;/h5-7,10,13,15H,4,8-9,11H2,1-3H3,(H2,17,18,19);1H. The molecule has 0 aliphatic heterocycles. The summed E-state index contributed by atoms with van der Waals surface area (Å²) in [6.07, 6.45) is 1.24. The van der Waals surface area contributed by atoms with Crippen LogP contribution >= 0.6 is 24.0 Å². The summed E-state index contributed by atoms with van der Waals surface area (Å²) in [4.78, 5) is 4.53. The van der Waals surface area contributed by atoms with Crippen LogP contribution in [0.5, 0.6) is 5.75 Å². The number of hydrogen-bond acceptors (Lipinski definition) is 2. The molecule has 1 saturated carbocycles. The van der Waals surface area contributed by atoms with Gasteiger partial charge in [0.25, 0.3) is 0 Å². The van der Waals surface area contributed by atoms with E-state index in [9.17, 15) is 0 Å². The Kier molecular flexibility index (Phi) is 7.85. The third-order valence-corrected chi connectivity index (χ3v) is 3.40. The van der Waals surface area contributed by atoms with Crippen molar-refractivity contribution >= 4 is 29.9 Å². The average molecular weight is 403 g/mol. The molecule has 0 amide bonds. The smallest absolute Gasteiger partial charge is 0.191 e. The Morgan fingerprint density at radius 2 is 2.19 bits per heavy atom. The molecule has 5 heteroatoms. The van der Waals surface area contributed by atoms with Gasteiger partial charge < -0.3 is 15.4 Å². The van der Waals surface area contributed by atoms with Crippen LogP contribution in [0.1, 0.15) is 25.8 Å². The van der Waals surface area contributed by atoms with Gasteiger partial charge in [-0.3, -0.25) is 0 Å². The second-order valence-electron chi connectivity index (χ2n) is 5.39. The van der Waals surface area contributed by atoms with Crippen molar-refractivity contribution in [3.8, 4) is 5.75 Å².